The summed E-state index contributed by atoms with van der Waals surface area (Å²) in [6.07, 6.45) is 9.93. The fourth-order valence-electron chi connectivity index (χ4n) is 6.04. The van der Waals surface area contributed by atoms with Gasteiger partial charge in [0, 0.05) is 18.2 Å². The van der Waals surface area contributed by atoms with E-state index in [4.69, 9.17) is 9.15 Å². The highest BCUT2D eigenvalue weighted by molar-refractivity contribution is 5.89. The highest BCUT2D eigenvalue weighted by atomic mass is 16.5. The van der Waals surface area contributed by atoms with E-state index in [9.17, 15) is 9.59 Å². The van der Waals surface area contributed by atoms with Crippen LogP contribution in [0.2, 0.25) is 0 Å². The van der Waals surface area contributed by atoms with Gasteiger partial charge in [-0.1, -0.05) is 6.42 Å². The number of piperidine rings is 2. The largest absolute Gasteiger partial charge is 0.483 e. The number of fused-ring (bicyclic) bond motifs is 4. The van der Waals surface area contributed by atoms with Crippen LogP contribution in [0, 0.1) is 12.8 Å². The molecule has 5 rings (SSSR count). The van der Waals surface area contributed by atoms with Crippen molar-refractivity contribution < 1.29 is 13.9 Å². The molecule has 2 aromatic rings. The molecule has 0 spiro atoms. The minimum absolute atomic E-state index is 0.0203. The number of aryl methyl sites for hydroxylation is 2. The van der Waals surface area contributed by atoms with Crippen molar-refractivity contribution in [3.05, 3.63) is 39.2 Å². The molecule has 3 aliphatic rings. The first-order valence-electron chi connectivity index (χ1n) is 12.3. The van der Waals surface area contributed by atoms with Gasteiger partial charge in [-0.15, -0.1) is 0 Å². The van der Waals surface area contributed by atoms with Crippen LogP contribution in [-0.4, -0.2) is 43.1 Å². The van der Waals surface area contributed by atoms with Crippen molar-refractivity contribution >= 4 is 16.9 Å². The summed E-state index contributed by atoms with van der Waals surface area (Å²) in [7, 11) is 0. The Morgan fingerprint density at radius 3 is 2.78 bits per heavy atom. The van der Waals surface area contributed by atoms with Gasteiger partial charge in [0.05, 0.1) is 5.39 Å². The van der Waals surface area contributed by atoms with Crippen LogP contribution in [0.4, 0.5) is 0 Å². The number of benzene rings is 1. The molecule has 2 aliphatic heterocycles. The van der Waals surface area contributed by atoms with Gasteiger partial charge in [-0.05, 0) is 101 Å². The zero-order chi connectivity index (χ0) is 22.1. The number of ether oxygens (including phenoxy) is 1. The predicted molar refractivity (Wildman–Crippen MR) is 124 cm³/mol. The monoisotopic (exact) mass is 438 g/mol. The van der Waals surface area contributed by atoms with E-state index in [0.717, 1.165) is 54.3 Å². The van der Waals surface area contributed by atoms with Crippen LogP contribution in [0.15, 0.2) is 21.3 Å². The molecule has 1 amide bonds. The van der Waals surface area contributed by atoms with Crippen LogP contribution in [0.25, 0.3) is 11.0 Å². The number of carbonyl (C=O) groups is 1. The lowest BCUT2D eigenvalue weighted by Gasteiger charge is -2.44. The lowest BCUT2D eigenvalue weighted by atomic mass is 9.83. The lowest BCUT2D eigenvalue weighted by molar-refractivity contribution is -0.123. The van der Waals surface area contributed by atoms with E-state index < -0.39 is 0 Å². The second kappa shape index (κ2) is 9.26. The maximum absolute atomic E-state index is 12.7. The van der Waals surface area contributed by atoms with Crippen LogP contribution < -0.4 is 15.7 Å². The standard InChI is InChI=1S/C26H34N2O4/c1-17-13-22(25-19-8-2-3-9-20(19)26(30)32-23(25)14-17)31-16-24(29)27-15-18-7-6-12-28-11-5-4-10-21(18)28/h13-14,18,21H,2-12,15-16H2,1H3,(H,27,29). The van der Waals surface area contributed by atoms with Crippen molar-refractivity contribution in [1.82, 2.24) is 10.2 Å². The molecule has 6 heteroatoms. The Bertz CT molecular complexity index is 1060. The average Bonchev–Trinajstić information content (AvgIpc) is 2.81. The number of carbonyl (C=O) groups excluding carboxylic acids is 1. The minimum atomic E-state index is -0.231. The van der Waals surface area contributed by atoms with E-state index in [-0.39, 0.29) is 18.1 Å². The van der Waals surface area contributed by atoms with E-state index in [2.05, 4.69) is 10.2 Å². The van der Waals surface area contributed by atoms with Crippen LogP contribution >= 0.6 is 0 Å². The highest BCUT2D eigenvalue weighted by Gasteiger charge is 2.33. The summed E-state index contributed by atoms with van der Waals surface area (Å²) in [6, 6.07) is 4.46. The molecular formula is C26H34N2O4. The lowest BCUT2D eigenvalue weighted by Crippen LogP contribution is -2.51. The molecule has 1 aromatic heterocycles. The predicted octanol–water partition coefficient (Wildman–Crippen LogP) is 3.74. The van der Waals surface area contributed by atoms with E-state index in [1.807, 2.05) is 19.1 Å². The Morgan fingerprint density at radius 1 is 1.09 bits per heavy atom. The summed E-state index contributed by atoms with van der Waals surface area (Å²) < 4.78 is 11.7. The normalized spacial score (nSPS) is 23.4. The van der Waals surface area contributed by atoms with Gasteiger partial charge in [0.1, 0.15) is 11.3 Å². The maximum Gasteiger partial charge on any atom is 0.339 e. The molecular weight excluding hydrogens is 404 g/mol. The van der Waals surface area contributed by atoms with E-state index >= 15 is 0 Å². The molecule has 2 saturated heterocycles. The molecule has 0 saturated carbocycles. The molecule has 0 radical (unpaired) electrons. The van der Waals surface area contributed by atoms with Crippen LogP contribution in [0.3, 0.4) is 0 Å². The quantitative estimate of drug-likeness (QED) is 0.720. The van der Waals surface area contributed by atoms with Crippen LogP contribution in [0.5, 0.6) is 5.75 Å². The third-order valence-electron chi connectivity index (χ3n) is 7.58. The molecule has 2 atom stereocenters. The van der Waals surface area contributed by atoms with Gasteiger partial charge in [-0.2, -0.15) is 0 Å². The van der Waals surface area contributed by atoms with E-state index in [1.54, 1.807) is 0 Å². The molecule has 0 bridgehead atoms. The Balaban J connectivity index is 1.28. The summed E-state index contributed by atoms with van der Waals surface area (Å²) in [6.45, 7) is 5.07. The summed E-state index contributed by atoms with van der Waals surface area (Å²) in [5.41, 5.74) is 3.09. The van der Waals surface area contributed by atoms with Gasteiger partial charge in [-0.3, -0.25) is 4.79 Å². The Hall–Kier alpha value is -2.34. The minimum Gasteiger partial charge on any atom is -0.483 e. The van der Waals surface area contributed by atoms with Gasteiger partial charge >= 0.3 is 5.63 Å². The second-order valence-electron chi connectivity index (χ2n) is 9.78. The number of hydrogen-bond acceptors (Lipinski definition) is 5. The van der Waals surface area contributed by atoms with Crippen molar-refractivity contribution in [2.45, 2.75) is 70.8 Å². The molecule has 3 heterocycles. The van der Waals surface area contributed by atoms with Crippen molar-refractivity contribution in [2.75, 3.05) is 26.2 Å². The zero-order valence-corrected chi connectivity index (χ0v) is 19.1. The van der Waals surface area contributed by atoms with Gasteiger partial charge in [0.2, 0.25) is 0 Å². The topological polar surface area (TPSA) is 71.8 Å². The fraction of sp³-hybridized carbons (Fsp3) is 0.615. The molecule has 1 aliphatic carbocycles. The van der Waals surface area contributed by atoms with Gasteiger partial charge < -0.3 is 19.4 Å². The number of nitrogens with zero attached hydrogens (tertiary/aromatic N) is 1. The Labute approximate surface area is 189 Å². The van der Waals surface area contributed by atoms with Crippen molar-refractivity contribution in [3.8, 4) is 5.75 Å². The maximum atomic E-state index is 12.7. The molecule has 6 nitrogen and oxygen atoms in total. The molecule has 1 N–H and O–H groups in total. The molecule has 172 valence electrons. The van der Waals surface area contributed by atoms with E-state index in [0.29, 0.717) is 23.3 Å². The first-order chi connectivity index (χ1) is 15.6. The van der Waals surface area contributed by atoms with E-state index in [1.165, 1.54) is 45.2 Å². The Kier molecular flexibility index (Phi) is 6.22. The van der Waals surface area contributed by atoms with Crippen molar-refractivity contribution in [3.63, 3.8) is 0 Å². The van der Waals surface area contributed by atoms with Crippen LogP contribution in [-0.2, 0) is 17.6 Å². The first-order valence-corrected chi connectivity index (χ1v) is 12.3. The summed E-state index contributed by atoms with van der Waals surface area (Å²) in [5.74, 6) is 1.10. The average molecular weight is 439 g/mol. The number of amides is 1. The smallest absolute Gasteiger partial charge is 0.339 e. The third kappa shape index (κ3) is 4.29. The highest BCUT2D eigenvalue weighted by Crippen LogP contribution is 2.35. The summed E-state index contributed by atoms with van der Waals surface area (Å²) >= 11 is 0. The first kappa shape index (κ1) is 21.5. The SMILES string of the molecule is Cc1cc(OCC(=O)NCC2CCCN3CCCCC23)c2c3c(c(=O)oc2c1)CCCC3. The second-order valence-corrected chi connectivity index (χ2v) is 9.78. The number of nitrogens with one attached hydrogen (secondary N) is 1. The van der Waals surface area contributed by atoms with Gasteiger partial charge in [-0.25, -0.2) is 4.79 Å². The third-order valence-corrected chi connectivity index (χ3v) is 7.58. The van der Waals surface area contributed by atoms with Crippen LogP contribution in [0.1, 0.15) is 61.6 Å². The number of rotatable bonds is 5. The molecule has 2 unspecified atom stereocenters. The molecule has 2 fully saturated rings. The summed E-state index contributed by atoms with van der Waals surface area (Å²) in [4.78, 5) is 27.7. The van der Waals surface area contributed by atoms with Gasteiger partial charge in [0.25, 0.3) is 5.91 Å². The van der Waals surface area contributed by atoms with Crippen molar-refractivity contribution in [1.29, 1.82) is 0 Å². The zero-order valence-electron chi connectivity index (χ0n) is 19.1. The Morgan fingerprint density at radius 2 is 1.91 bits per heavy atom. The summed E-state index contributed by atoms with van der Waals surface area (Å²) in [5, 5.41) is 3.99. The van der Waals surface area contributed by atoms with Gasteiger partial charge in [0.15, 0.2) is 6.61 Å². The fourth-order valence-corrected chi connectivity index (χ4v) is 6.04. The number of hydrogen-bond donors (Lipinski definition) is 1. The molecule has 1 aromatic carbocycles. The van der Waals surface area contributed by atoms with Crippen molar-refractivity contribution in [2.24, 2.45) is 5.92 Å². The molecule has 32 heavy (non-hydrogen) atoms.